The molecule has 1 rings (SSSR count). The molecular weight excluding hydrogens is 263 g/mol. The first kappa shape index (κ1) is 17.4. The van der Waals surface area contributed by atoms with Crippen LogP contribution in [0.5, 0.6) is 0 Å². The Labute approximate surface area is 126 Å². The van der Waals surface area contributed by atoms with Crippen molar-refractivity contribution in [3.63, 3.8) is 0 Å². The fourth-order valence-corrected chi connectivity index (χ4v) is 3.62. The minimum Gasteiger partial charge on any atom is -0.0707 e. The fraction of sp³-hybridized carbons (Fsp3) is 0.667. The molecule has 0 spiro atoms. The van der Waals surface area contributed by atoms with Crippen LogP contribution in [0.1, 0.15) is 79.0 Å². The molecule has 20 heavy (non-hydrogen) atoms. The SMILES string of the molecule is CC(C)(C)c1ccc([PH+]=O)c(C(C)(C)C)c1C(C)(C)C. The summed E-state index contributed by atoms with van der Waals surface area (Å²) in [5, 5.41) is 0.982. The van der Waals surface area contributed by atoms with E-state index in [0.717, 1.165) is 5.30 Å². The largest absolute Gasteiger partial charge is 0.363 e. The van der Waals surface area contributed by atoms with E-state index in [2.05, 4.69) is 74.4 Å². The maximum Gasteiger partial charge on any atom is 0.363 e. The Balaban J connectivity index is 3.91. The quantitative estimate of drug-likeness (QED) is 0.648. The standard InChI is InChI=1S/C18H29OP/c1-16(2,3)12-10-11-13(20-19)15(18(7,8)9)14(12)17(4,5)6/h10-11H,1-9H3/p+1. The third-order valence-corrected chi connectivity index (χ3v) is 4.26. The monoisotopic (exact) mass is 293 g/mol. The summed E-state index contributed by atoms with van der Waals surface area (Å²) in [7, 11) is -0.392. The second-order valence-corrected chi connectivity index (χ2v) is 9.51. The van der Waals surface area contributed by atoms with Gasteiger partial charge in [-0.05, 0) is 33.4 Å². The third-order valence-electron chi connectivity index (χ3n) is 3.62. The van der Waals surface area contributed by atoms with E-state index in [1.165, 1.54) is 16.7 Å². The molecule has 0 saturated heterocycles. The van der Waals surface area contributed by atoms with E-state index in [9.17, 15) is 4.57 Å². The van der Waals surface area contributed by atoms with E-state index >= 15 is 0 Å². The van der Waals surface area contributed by atoms with E-state index < -0.39 is 8.46 Å². The van der Waals surface area contributed by atoms with Crippen molar-refractivity contribution < 1.29 is 4.57 Å². The van der Waals surface area contributed by atoms with Crippen molar-refractivity contribution in [1.29, 1.82) is 0 Å². The molecular formula is C18H30OP+. The molecule has 1 aromatic rings. The second-order valence-electron chi connectivity index (χ2n) is 8.76. The summed E-state index contributed by atoms with van der Waals surface area (Å²) in [4.78, 5) is 0. The summed E-state index contributed by atoms with van der Waals surface area (Å²) in [6.07, 6.45) is 0. The van der Waals surface area contributed by atoms with Gasteiger partial charge in [0.2, 0.25) is 0 Å². The van der Waals surface area contributed by atoms with Crippen LogP contribution in [0, 0.1) is 0 Å². The summed E-state index contributed by atoms with van der Waals surface area (Å²) in [5.74, 6) is 0. The smallest absolute Gasteiger partial charge is 0.0707 e. The Morgan fingerprint density at radius 2 is 1.15 bits per heavy atom. The highest BCUT2D eigenvalue weighted by Gasteiger charge is 2.35. The van der Waals surface area contributed by atoms with E-state index in [-0.39, 0.29) is 16.2 Å². The van der Waals surface area contributed by atoms with Gasteiger partial charge < -0.3 is 0 Å². The maximum absolute atomic E-state index is 11.7. The molecule has 0 aliphatic heterocycles. The number of hydrogen-bond donors (Lipinski definition) is 0. The fourth-order valence-electron chi connectivity index (χ4n) is 2.87. The van der Waals surface area contributed by atoms with E-state index in [1.807, 2.05) is 0 Å². The minimum absolute atomic E-state index is 0.00336. The van der Waals surface area contributed by atoms with Crippen LogP contribution in [0.25, 0.3) is 0 Å². The van der Waals surface area contributed by atoms with Crippen molar-refractivity contribution in [2.75, 3.05) is 0 Å². The van der Waals surface area contributed by atoms with Crippen molar-refractivity contribution in [2.45, 2.75) is 78.6 Å². The average molecular weight is 293 g/mol. The van der Waals surface area contributed by atoms with Gasteiger partial charge in [0.05, 0.1) is 0 Å². The molecule has 0 aliphatic carbocycles. The van der Waals surface area contributed by atoms with Gasteiger partial charge in [0.15, 0.2) is 5.30 Å². The lowest BCUT2D eigenvalue weighted by Crippen LogP contribution is -2.32. The predicted molar refractivity (Wildman–Crippen MR) is 91.2 cm³/mol. The van der Waals surface area contributed by atoms with Crippen LogP contribution in [-0.2, 0) is 20.8 Å². The summed E-state index contributed by atoms with van der Waals surface area (Å²) in [6.45, 7) is 20.2. The van der Waals surface area contributed by atoms with Crippen molar-refractivity contribution in [3.8, 4) is 0 Å². The van der Waals surface area contributed by atoms with Gasteiger partial charge in [-0.25, -0.2) is 0 Å². The van der Waals surface area contributed by atoms with Gasteiger partial charge in [-0.15, -0.1) is 0 Å². The molecule has 1 atom stereocenters. The first-order valence-corrected chi connectivity index (χ1v) is 8.27. The van der Waals surface area contributed by atoms with Gasteiger partial charge >= 0.3 is 8.46 Å². The zero-order chi connectivity index (χ0) is 15.9. The van der Waals surface area contributed by atoms with E-state index in [4.69, 9.17) is 0 Å². The highest BCUT2D eigenvalue weighted by molar-refractivity contribution is 7.34. The third kappa shape index (κ3) is 3.50. The number of rotatable bonds is 1. The molecule has 0 aliphatic rings. The summed E-state index contributed by atoms with van der Waals surface area (Å²) < 4.78 is 11.7. The lowest BCUT2D eigenvalue weighted by molar-refractivity contribution is 0.499. The van der Waals surface area contributed by atoms with Gasteiger partial charge in [-0.1, -0.05) is 72.9 Å². The molecule has 0 N–H and O–H groups in total. The first-order chi connectivity index (χ1) is 8.80. The van der Waals surface area contributed by atoms with Gasteiger partial charge in [-0.2, -0.15) is 0 Å². The molecule has 0 bridgehead atoms. The Morgan fingerprint density at radius 3 is 1.45 bits per heavy atom. The maximum atomic E-state index is 11.7. The van der Waals surface area contributed by atoms with Crippen molar-refractivity contribution in [3.05, 3.63) is 28.8 Å². The summed E-state index contributed by atoms with van der Waals surface area (Å²) in [5.41, 5.74) is 4.14. The van der Waals surface area contributed by atoms with Gasteiger partial charge in [0.25, 0.3) is 0 Å². The zero-order valence-corrected chi connectivity index (χ0v) is 15.6. The summed E-state index contributed by atoms with van der Waals surface area (Å²) >= 11 is 0. The lowest BCUT2D eigenvalue weighted by Gasteiger charge is -2.35. The van der Waals surface area contributed by atoms with Crippen LogP contribution in [-0.4, -0.2) is 0 Å². The number of hydrogen-bond acceptors (Lipinski definition) is 1. The molecule has 112 valence electrons. The molecule has 0 radical (unpaired) electrons. The molecule has 0 aromatic heterocycles. The minimum atomic E-state index is -0.392. The van der Waals surface area contributed by atoms with Gasteiger partial charge in [-0.3, -0.25) is 0 Å². The zero-order valence-electron chi connectivity index (χ0n) is 14.6. The number of benzene rings is 1. The average Bonchev–Trinajstić information content (AvgIpc) is 2.23. The van der Waals surface area contributed by atoms with Crippen LogP contribution < -0.4 is 5.30 Å². The topological polar surface area (TPSA) is 17.1 Å². The highest BCUT2D eigenvalue weighted by Crippen LogP contribution is 2.40. The van der Waals surface area contributed by atoms with Crippen LogP contribution >= 0.6 is 8.46 Å². The molecule has 0 heterocycles. The molecule has 0 fully saturated rings. The molecule has 1 unspecified atom stereocenters. The Bertz CT molecular complexity index is 508. The Hall–Kier alpha value is -0.680. The van der Waals surface area contributed by atoms with Crippen LogP contribution in [0.3, 0.4) is 0 Å². The molecule has 1 aromatic carbocycles. The molecule has 2 heteroatoms. The first-order valence-electron chi connectivity index (χ1n) is 7.36. The van der Waals surface area contributed by atoms with Crippen LogP contribution in [0.15, 0.2) is 12.1 Å². The van der Waals surface area contributed by atoms with Crippen molar-refractivity contribution in [2.24, 2.45) is 0 Å². The van der Waals surface area contributed by atoms with Crippen molar-refractivity contribution in [1.82, 2.24) is 0 Å². The second kappa shape index (κ2) is 5.26. The normalized spacial score (nSPS) is 13.8. The van der Waals surface area contributed by atoms with Crippen molar-refractivity contribution >= 4 is 13.8 Å². The summed E-state index contributed by atoms with van der Waals surface area (Å²) in [6, 6.07) is 4.23. The van der Waals surface area contributed by atoms with E-state index in [1.54, 1.807) is 0 Å². The molecule has 0 saturated carbocycles. The lowest BCUT2D eigenvalue weighted by atomic mass is 9.69. The van der Waals surface area contributed by atoms with Gasteiger partial charge in [0.1, 0.15) is 0 Å². The highest BCUT2D eigenvalue weighted by atomic mass is 31.1. The predicted octanol–water partition coefficient (Wildman–Crippen LogP) is 5.23. The molecule has 1 nitrogen and oxygen atoms in total. The Kier molecular flexibility index (Phi) is 4.57. The Morgan fingerprint density at radius 1 is 0.700 bits per heavy atom. The van der Waals surface area contributed by atoms with E-state index in [0.29, 0.717) is 0 Å². The van der Waals surface area contributed by atoms with Crippen LogP contribution in [0.2, 0.25) is 0 Å². The van der Waals surface area contributed by atoms with Gasteiger partial charge in [0, 0.05) is 5.56 Å². The molecule has 0 amide bonds. The van der Waals surface area contributed by atoms with Crippen LogP contribution in [0.4, 0.5) is 0 Å².